The molecule has 0 N–H and O–H groups in total. The summed E-state index contributed by atoms with van der Waals surface area (Å²) in [6.45, 7) is 1.37. The van der Waals surface area contributed by atoms with Crippen molar-refractivity contribution >= 4 is 11.9 Å². The normalized spacial score (nSPS) is 34.6. The van der Waals surface area contributed by atoms with Crippen LogP contribution in [0.5, 0.6) is 0 Å². The van der Waals surface area contributed by atoms with E-state index in [0.29, 0.717) is 12.8 Å². The van der Waals surface area contributed by atoms with Crippen LogP contribution in [0.2, 0.25) is 0 Å². The maximum Gasteiger partial charge on any atom is 0.306 e. The Balaban J connectivity index is 2.16. The lowest BCUT2D eigenvalue weighted by atomic mass is 9.91. The van der Waals surface area contributed by atoms with Crippen molar-refractivity contribution in [1.29, 1.82) is 0 Å². The van der Waals surface area contributed by atoms with Crippen molar-refractivity contribution < 1.29 is 28.5 Å². The van der Waals surface area contributed by atoms with Crippen LogP contribution in [0, 0.1) is 11.8 Å². The quantitative estimate of drug-likeness (QED) is 0.540. The Bertz CT molecular complexity index is 337. The molecule has 18 heavy (non-hydrogen) atoms. The van der Waals surface area contributed by atoms with Gasteiger partial charge in [-0.1, -0.05) is 0 Å². The Morgan fingerprint density at radius 3 is 2.61 bits per heavy atom. The highest BCUT2D eigenvalue weighted by Crippen LogP contribution is 2.45. The van der Waals surface area contributed by atoms with Gasteiger partial charge in [0.25, 0.3) is 0 Å². The molecule has 1 saturated heterocycles. The van der Waals surface area contributed by atoms with Gasteiger partial charge < -0.3 is 18.9 Å². The van der Waals surface area contributed by atoms with Crippen LogP contribution >= 0.6 is 0 Å². The summed E-state index contributed by atoms with van der Waals surface area (Å²) in [5.74, 6) is -0.725. The highest BCUT2D eigenvalue weighted by Gasteiger charge is 2.54. The fourth-order valence-corrected chi connectivity index (χ4v) is 3.02. The van der Waals surface area contributed by atoms with E-state index in [2.05, 4.69) is 0 Å². The molecule has 0 radical (unpaired) electrons. The van der Waals surface area contributed by atoms with Gasteiger partial charge in [-0.2, -0.15) is 0 Å². The van der Waals surface area contributed by atoms with E-state index in [9.17, 15) is 9.59 Å². The van der Waals surface area contributed by atoms with Crippen LogP contribution in [0.3, 0.4) is 0 Å². The van der Waals surface area contributed by atoms with Crippen molar-refractivity contribution in [1.82, 2.24) is 0 Å². The van der Waals surface area contributed by atoms with Gasteiger partial charge in [0.05, 0.1) is 12.3 Å². The number of hydrogen-bond acceptors (Lipinski definition) is 6. The predicted octanol–water partition coefficient (Wildman–Crippen LogP) is 0.489. The van der Waals surface area contributed by atoms with E-state index in [1.54, 1.807) is 0 Å². The van der Waals surface area contributed by atoms with Crippen molar-refractivity contribution in [3.63, 3.8) is 0 Å². The minimum atomic E-state index is -0.501. The van der Waals surface area contributed by atoms with Crippen molar-refractivity contribution in [3.05, 3.63) is 0 Å². The highest BCUT2D eigenvalue weighted by molar-refractivity contribution is 5.72. The molecule has 0 amide bonds. The molecule has 1 unspecified atom stereocenters. The number of carbonyl (C=O) groups excluding carboxylic acids is 2. The van der Waals surface area contributed by atoms with E-state index in [1.807, 2.05) is 0 Å². The molecule has 2 fully saturated rings. The van der Waals surface area contributed by atoms with Crippen LogP contribution in [0.4, 0.5) is 0 Å². The van der Waals surface area contributed by atoms with Crippen LogP contribution in [0.1, 0.15) is 19.8 Å². The summed E-state index contributed by atoms with van der Waals surface area (Å²) in [5.41, 5.74) is 0. The van der Waals surface area contributed by atoms with Crippen molar-refractivity contribution in [3.8, 4) is 0 Å². The molecule has 2 aliphatic rings. The molecule has 1 heterocycles. The number of ether oxygens (including phenoxy) is 4. The minimum Gasteiger partial charge on any atom is -0.462 e. The van der Waals surface area contributed by atoms with Gasteiger partial charge >= 0.3 is 11.9 Å². The molecule has 0 aromatic carbocycles. The first-order valence-electron chi connectivity index (χ1n) is 5.99. The maximum absolute atomic E-state index is 11.3. The molecule has 6 heteroatoms. The van der Waals surface area contributed by atoms with Gasteiger partial charge in [0.2, 0.25) is 0 Å². The lowest BCUT2D eigenvalue weighted by Gasteiger charge is -2.28. The Morgan fingerprint density at radius 1 is 1.39 bits per heavy atom. The van der Waals surface area contributed by atoms with Crippen LogP contribution in [-0.4, -0.2) is 44.7 Å². The smallest absolute Gasteiger partial charge is 0.306 e. The van der Waals surface area contributed by atoms with Crippen LogP contribution < -0.4 is 0 Å². The van der Waals surface area contributed by atoms with E-state index in [-0.39, 0.29) is 36.0 Å². The van der Waals surface area contributed by atoms with Gasteiger partial charge in [-0.05, 0) is 0 Å². The van der Waals surface area contributed by atoms with E-state index < -0.39 is 6.29 Å². The predicted molar refractivity (Wildman–Crippen MR) is 59.5 cm³/mol. The average Bonchev–Trinajstić information content (AvgIpc) is 2.77. The SMILES string of the molecule is COC(OC)[C@H]1[C@H](OC(C)=O)CC2OC(=O)C[C@@H]21. The molecule has 6 nitrogen and oxygen atoms in total. The summed E-state index contributed by atoms with van der Waals surface area (Å²) in [7, 11) is 3.06. The number of rotatable bonds is 4. The maximum atomic E-state index is 11.3. The fraction of sp³-hybridized carbons (Fsp3) is 0.833. The van der Waals surface area contributed by atoms with Gasteiger partial charge in [-0.3, -0.25) is 9.59 Å². The third-order valence-electron chi connectivity index (χ3n) is 3.65. The van der Waals surface area contributed by atoms with E-state index in [1.165, 1.54) is 21.1 Å². The van der Waals surface area contributed by atoms with E-state index in [4.69, 9.17) is 18.9 Å². The first kappa shape index (κ1) is 13.3. The van der Waals surface area contributed by atoms with Gasteiger partial charge in [0.1, 0.15) is 12.2 Å². The third kappa shape index (κ3) is 2.35. The van der Waals surface area contributed by atoms with Crippen LogP contribution in [-0.2, 0) is 28.5 Å². The zero-order chi connectivity index (χ0) is 13.3. The summed E-state index contributed by atoms with van der Waals surface area (Å²) >= 11 is 0. The number of carbonyl (C=O) groups is 2. The number of esters is 2. The van der Waals surface area contributed by atoms with Gasteiger partial charge in [0.15, 0.2) is 6.29 Å². The lowest BCUT2D eigenvalue weighted by Crippen LogP contribution is -2.37. The standard InChI is InChI=1S/C12H18O6/c1-6(13)17-9-5-8-7(4-10(14)18-8)11(9)12(15-2)16-3/h7-9,11-12H,4-5H2,1-3H3/t7-,8?,9+,11+/m0/s1. The Morgan fingerprint density at radius 2 is 2.06 bits per heavy atom. The minimum absolute atomic E-state index is 0.00764. The molecule has 1 saturated carbocycles. The molecule has 4 atom stereocenters. The van der Waals surface area contributed by atoms with E-state index in [0.717, 1.165) is 0 Å². The Hall–Kier alpha value is -1.14. The molecule has 0 spiro atoms. The second-order valence-corrected chi connectivity index (χ2v) is 4.70. The summed E-state index contributed by atoms with van der Waals surface area (Å²) in [6.07, 6.45) is -0.172. The third-order valence-corrected chi connectivity index (χ3v) is 3.65. The topological polar surface area (TPSA) is 71.1 Å². The summed E-state index contributed by atoms with van der Waals surface area (Å²) in [5, 5.41) is 0. The molecule has 0 aromatic heterocycles. The van der Waals surface area contributed by atoms with Gasteiger partial charge in [-0.15, -0.1) is 0 Å². The molecule has 1 aliphatic carbocycles. The molecular formula is C12H18O6. The van der Waals surface area contributed by atoms with Crippen molar-refractivity contribution in [2.45, 2.75) is 38.3 Å². The second kappa shape index (κ2) is 5.24. The van der Waals surface area contributed by atoms with Crippen molar-refractivity contribution in [2.24, 2.45) is 11.8 Å². The Kier molecular flexibility index (Phi) is 3.87. The largest absolute Gasteiger partial charge is 0.462 e. The molecule has 1 aliphatic heterocycles. The summed E-state index contributed by atoms with van der Waals surface area (Å²) in [6, 6.07) is 0. The van der Waals surface area contributed by atoms with E-state index >= 15 is 0 Å². The molecule has 0 aromatic rings. The first-order chi connectivity index (χ1) is 8.56. The molecule has 2 rings (SSSR count). The monoisotopic (exact) mass is 258 g/mol. The zero-order valence-electron chi connectivity index (χ0n) is 10.8. The molecule has 0 bridgehead atoms. The fourth-order valence-electron chi connectivity index (χ4n) is 3.02. The molecular weight excluding hydrogens is 240 g/mol. The van der Waals surface area contributed by atoms with Crippen molar-refractivity contribution in [2.75, 3.05) is 14.2 Å². The highest BCUT2D eigenvalue weighted by atomic mass is 16.7. The zero-order valence-corrected chi connectivity index (χ0v) is 10.8. The van der Waals surface area contributed by atoms with Crippen LogP contribution in [0.25, 0.3) is 0 Å². The average molecular weight is 258 g/mol. The van der Waals surface area contributed by atoms with Gasteiger partial charge in [0, 0.05) is 33.5 Å². The summed E-state index contributed by atoms with van der Waals surface area (Å²) in [4.78, 5) is 22.4. The Labute approximate surface area is 106 Å². The second-order valence-electron chi connectivity index (χ2n) is 4.70. The van der Waals surface area contributed by atoms with Crippen LogP contribution in [0.15, 0.2) is 0 Å². The first-order valence-corrected chi connectivity index (χ1v) is 5.99. The summed E-state index contributed by atoms with van der Waals surface area (Å²) < 4.78 is 21.0. The number of methoxy groups -OCH3 is 2. The molecule has 102 valence electrons. The number of hydrogen-bond donors (Lipinski definition) is 0. The van der Waals surface area contributed by atoms with Gasteiger partial charge in [-0.25, -0.2) is 0 Å². The lowest BCUT2D eigenvalue weighted by molar-refractivity contribution is -0.179. The number of fused-ring (bicyclic) bond motifs is 1.